The van der Waals surface area contributed by atoms with Gasteiger partial charge in [-0.25, -0.2) is 0 Å². The number of nitrogens with one attached hydrogen (secondary N) is 1. The van der Waals surface area contributed by atoms with E-state index in [1.54, 1.807) is 6.07 Å². The molecule has 20 heavy (non-hydrogen) atoms. The van der Waals surface area contributed by atoms with Crippen LogP contribution in [0.3, 0.4) is 0 Å². The number of nitro groups is 1. The van der Waals surface area contributed by atoms with Crippen LogP contribution in [0, 0.1) is 10.1 Å². The fourth-order valence-electron chi connectivity index (χ4n) is 2.74. The Kier molecular flexibility index (Phi) is 3.06. The number of oxazole rings is 1. The molecular formula is C13H16N4O3. The molecule has 0 spiro atoms. The Morgan fingerprint density at radius 2 is 2.20 bits per heavy atom. The van der Waals surface area contributed by atoms with Gasteiger partial charge in [0.05, 0.1) is 10.5 Å². The molecule has 7 heteroatoms. The van der Waals surface area contributed by atoms with Gasteiger partial charge in [0.15, 0.2) is 5.58 Å². The van der Waals surface area contributed by atoms with Gasteiger partial charge in [0, 0.05) is 18.7 Å². The lowest BCUT2D eigenvalue weighted by Crippen LogP contribution is -2.42. The van der Waals surface area contributed by atoms with Crippen molar-refractivity contribution >= 4 is 22.8 Å². The number of non-ortho nitro benzene ring substituents is 1. The van der Waals surface area contributed by atoms with E-state index in [1.165, 1.54) is 12.1 Å². The predicted octanol–water partition coefficient (Wildman–Crippen LogP) is 2.42. The Morgan fingerprint density at radius 3 is 2.85 bits per heavy atom. The minimum absolute atomic E-state index is 0.00625. The number of rotatable bonds is 4. The molecule has 0 atom stereocenters. The highest BCUT2D eigenvalue weighted by atomic mass is 16.6. The van der Waals surface area contributed by atoms with Crippen molar-refractivity contribution in [3.63, 3.8) is 0 Å². The van der Waals surface area contributed by atoms with Gasteiger partial charge >= 0.3 is 0 Å². The lowest BCUT2D eigenvalue weighted by molar-refractivity contribution is -0.384. The van der Waals surface area contributed by atoms with Crippen LogP contribution in [0.25, 0.3) is 11.1 Å². The van der Waals surface area contributed by atoms with Crippen LogP contribution in [0.15, 0.2) is 22.6 Å². The Morgan fingerprint density at radius 1 is 1.45 bits per heavy atom. The van der Waals surface area contributed by atoms with Gasteiger partial charge in [-0.3, -0.25) is 10.1 Å². The number of benzene rings is 1. The highest BCUT2D eigenvalue weighted by molar-refractivity contribution is 5.77. The van der Waals surface area contributed by atoms with Gasteiger partial charge in [0.1, 0.15) is 5.52 Å². The van der Waals surface area contributed by atoms with Crippen LogP contribution in [-0.4, -0.2) is 22.0 Å². The molecule has 1 aromatic heterocycles. The minimum atomic E-state index is -0.445. The molecule has 0 bridgehead atoms. The van der Waals surface area contributed by atoms with Crippen LogP contribution >= 0.6 is 0 Å². The fourth-order valence-corrected chi connectivity index (χ4v) is 2.74. The third-order valence-electron chi connectivity index (χ3n) is 3.91. The fraction of sp³-hybridized carbons (Fsp3) is 0.462. The molecule has 0 aliphatic heterocycles. The van der Waals surface area contributed by atoms with Crippen LogP contribution in [0.2, 0.25) is 0 Å². The summed E-state index contributed by atoms with van der Waals surface area (Å²) in [5.41, 5.74) is 6.71. The first-order valence-electron chi connectivity index (χ1n) is 6.65. The first kappa shape index (κ1) is 12.9. The lowest BCUT2D eigenvalue weighted by atomic mass is 9.98. The van der Waals surface area contributed by atoms with E-state index in [2.05, 4.69) is 10.3 Å². The van der Waals surface area contributed by atoms with E-state index in [0.717, 1.165) is 25.7 Å². The van der Waals surface area contributed by atoms with Crippen LogP contribution in [0.1, 0.15) is 25.7 Å². The summed E-state index contributed by atoms with van der Waals surface area (Å²) in [6.45, 7) is 0.520. The first-order chi connectivity index (χ1) is 9.62. The molecule has 1 fully saturated rings. The van der Waals surface area contributed by atoms with E-state index >= 15 is 0 Å². The summed E-state index contributed by atoms with van der Waals surface area (Å²) in [7, 11) is 0. The predicted molar refractivity (Wildman–Crippen MR) is 74.5 cm³/mol. The van der Waals surface area contributed by atoms with Gasteiger partial charge in [0.25, 0.3) is 11.7 Å². The molecule has 1 aromatic carbocycles. The monoisotopic (exact) mass is 276 g/mol. The van der Waals surface area contributed by atoms with Crippen molar-refractivity contribution in [3.05, 3.63) is 28.3 Å². The maximum absolute atomic E-state index is 10.7. The normalized spacial score (nSPS) is 17.4. The third kappa shape index (κ3) is 2.20. The maximum Gasteiger partial charge on any atom is 0.296 e. The van der Waals surface area contributed by atoms with E-state index in [4.69, 9.17) is 10.2 Å². The second kappa shape index (κ2) is 4.75. The minimum Gasteiger partial charge on any atom is -0.424 e. The standard InChI is InChI=1S/C13H16N4O3/c14-8-13(5-1-2-6-13)16-12-15-10-7-9(17(18)19)3-4-11(10)20-12/h3-4,7H,1-2,5-6,8,14H2,(H,15,16). The van der Waals surface area contributed by atoms with Gasteiger partial charge in [-0.1, -0.05) is 12.8 Å². The largest absolute Gasteiger partial charge is 0.424 e. The SMILES string of the molecule is NCC1(Nc2nc3cc([N+](=O)[O-])ccc3o2)CCCC1. The number of anilines is 1. The van der Waals surface area contributed by atoms with Crippen molar-refractivity contribution in [3.8, 4) is 0 Å². The lowest BCUT2D eigenvalue weighted by Gasteiger charge is -2.27. The molecule has 2 aromatic rings. The smallest absolute Gasteiger partial charge is 0.296 e. The topological polar surface area (TPSA) is 107 Å². The number of aromatic nitrogens is 1. The molecule has 1 heterocycles. The maximum atomic E-state index is 10.7. The molecule has 1 aliphatic carbocycles. The molecule has 1 aliphatic rings. The van der Waals surface area contributed by atoms with E-state index in [0.29, 0.717) is 23.7 Å². The second-order valence-electron chi connectivity index (χ2n) is 5.24. The zero-order valence-corrected chi connectivity index (χ0v) is 11.0. The number of nitrogens with two attached hydrogens (primary N) is 1. The molecule has 0 unspecified atom stereocenters. The Labute approximate surface area is 115 Å². The van der Waals surface area contributed by atoms with Crippen LogP contribution in [-0.2, 0) is 0 Å². The van der Waals surface area contributed by atoms with Crippen LogP contribution in [0.5, 0.6) is 0 Å². The zero-order valence-electron chi connectivity index (χ0n) is 11.0. The van der Waals surface area contributed by atoms with E-state index in [1.807, 2.05) is 0 Å². The molecule has 0 amide bonds. The van der Waals surface area contributed by atoms with Crippen molar-refractivity contribution < 1.29 is 9.34 Å². The second-order valence-corrected chi connectivity index (χ2v) is 5.24. The molecule has 1 saturated carbocycles. The highest BCUT2D eigenvalue weighted by Crippen LogP contribution is 2.33. The molecular weight excluding hydrogens is 260 g/mol. The Hall–Kier alpha value is -2.15. The van der Waals surface area contributed by atoms with Gasteiger partial charge in [0.2, 0.25) is 0 Å². The summed E-state index contributed by atoms with van der Waals surface area (Å²) in [5.74, 6) is 0. The molecule has 106 valence electrons. The average Bonchev–Trinajstić information content (AvgIpc) is 3.04. The summed E-state index contributed by atoms with van der Waals surface area (Å²) in [6.07, 6.45) is 4.25. The Bertz CT molecular complexity index is 646. The van der Waals surface area contributed by atoms with Crippen LogP contribution in [0.4, 0.5) is 11.7 Å². The van der Waals surface area contributed by atoms with Gasteiger partial charge in [-0.2, -0.15) is 4.98 Å². The van der Waals surface area contributed by atoms with Crippen molar-refractivity contribution in [2.45, 2.75) is 31.2 Å². The number of nitrogens with zero attached hydrogens (tertiary/aromatic N) is 2. The van der Waals surface area contributed by atoms with Crippen LogP contribution < -0.4 is 11.1 Å². The van der Waals surface area contributed by atoms with Crippen molar-refractivity contribution in [1.82, 2.24) is 4.98 Å². The van der Waals surface area contributed by atoms with Gasteiger partial charge in [-0.15, -0.1) is 0 Å². The van der Waals surface area contributed by atoms with Gasteiger partial charge in [-0.05, 0) is 18.9 Å². The van der Waals surface area contributed by atoms with E-state index < -0.39 is 4.92 Å². The zero-order chi connectivity index (χ0) is 14.2. The molecule has 0 radical (unpaired) electrons. The Balaban J connectivity index is 1.91. The molecule has 7 nitrogen and oxygen atoms in total. The number of fused-ring (bicyclic) bond motifs is 1. The molecule has 3 N–H and O–H groups in total. The summed E-state index contributed by atoms with van der Waals surface area (Å²) < 4.78 is 5.59. The summed E-state index contributed by atoms with van der Waals surface area (Å²) >= 11 is 0. The molecule has 3 rings (SSSR count). The van der Waals surface area contributed by atoms with E-state index in [9.17, 15) is 10.1 Å². The number of nitro benzene ring substituents is 1. The number of hydrogen-bond acceptors (Lipinski definition) is 6. The van der Waals surface area contributed by atoms with Crippen molar-refractivity contribution in [2.75, 3.05) is 11.9 Å². The highest BCUT2D eigenvalue weighted by Gasteiger charge is 2.33. The van der Waals surface area contributed by atoms with Crippen molar-refractivity contribution in [2.24, 2.45) is 5.73 Å². The first-order valence-corrected chi connectivity index (χ1v) is 6.65. The van der Waals surface area contributed by atoms with E-state index in [-0.39, 0.29) is 11.2 Å². The third-order valence-corrected chi connectivity index (χ3v) is 3.91. The molecule has 0 saturated heterocycles. The summed E-state index contributed by atoms with van der Waals surface area (Å²) in [4.78, 5) is 14.6. The number of hydrogen-bond donors (Lipinski definition) is 2. The van der Waals surface area contributed by atoms with Crippen molar-refractivity contribution in [1.29, 1.82) is 0 Å². The quantitative estimate of drug-likeness (QED) is 0.656. The summed E-state index contributed by atoms with van der Waals surface area (Å²) in [6, 6.07) is 4.77. The van der Waals surface area contributed by atoms with Gasteiger partial charge < -0.3 is 15.5 Å². The summed E-state index contributed by atoms with van der Waals surface area (Å²) in [5, 5.41) is 14.0. The average molecular weight is 276 g/mol.